The Morgan fingerprint density at radius 1 is 0.955 bits per heavy atom. The average Bonchev–Trinajstić information content (AvgIpc) is 3.10. The third-order valence-corrected chi connectivity index (χ3v) is 5.11. The highest BCUT2D eigenvalue weighted by atomic mass is 32.1. The van der Waals surface area contributed by atoms with Crippen molar-refractivity contribution in [2.45, 2.75) is 51.9 Å². The minimum atomic E-state index is 1.07. The maximum atomic E-state index is 4.75. The quantitative estimate of drug-likeness (QED) is 0.469. The van der Waals surface area contributed by atoms with Crippen LogP contribution in [0.25, 0.3) is 16.2 Å². The van der Waals surface area contributed by atoms with E-state index in [0.717, 1.165) is 10.7 Å². The van der Waals surface area contributed by atoms with Crippen molar-refractivity contribution in [3.8, 4) is 11.3 Å². The Hall–Kier alpha value is -1.61. The summed E-state index contributed by atoms with van der Waals surface area (Å²) in [5.41, 5.74) is 2.26. The zero-order chi connectivity index (χ0) is 15.2. The van der Waals surface area contributed by atoms with E-state index in [1.54, 1.807) is 0 Å². The second-order valence-electron chi connectivity index (χ2n) is 5.90. The molecule has 0 radical (unpaired) electrons. The maximum Gasteiger partial charge on any atom is 0.194 e. The Bertz CT molecular complexity index is 665. The van der Waals surface area contributed by atoms with Crippen molar-refractivity contribution in [1.29, 1.82) is 0 Å². The van der Waals surface area contributed by atoms with E-state index in [1.165, 1.54) is 55.4 Å². The molecule has 3 heteroatoms. The zero-order valence-corrected chi connectivity index (χ0v) is 14.1. The number of nitrogens with zero attached hydrogens (tertiary/aromatic N) is 2. The van der Waals surface area contributed by atoms with Gasteiger partial charge in [-0.2, -0.15) is 0 Å². The van der Waals surface area contributed by atoms with E-state index < -0.39 is 0 Å². The normalized spacial score (nSPS) is 11.3. The summed E-state index contributed by atoms with van der Waals surface area (Å²) in [6.07, 6.45) is 13.7. The minimum Gasteiger partial charge on any atom is -0.297 e. The second-order valence-corrected chi connectivity index (χ2v) is 6.99. The van der Waals surface area contributed by atoms with Crippen LogP contribution < -0.4 is 0 Å². The number of imidazole rings is 1. The van der Waals surface area contributed by atoms with Gasteiger partial charge in [-0.3, -0.25) is 4.40 Å². The minimum absolute atomic E-state index is 1.07. The van der Waals surface area contributed by atoms with Crippen LogP contribution in [-0.2, 0) is 6.42 Å². The van der Waals surface area contributed by atoms with Gasteiger partial charge in [0.25, 0.3) is 0 Å². The van der Waals surface area contributed by atoms with Crippen molar-refractivity contribution in [3.05, 3.63) is 47.6 Å². The van der Waals surface area contributed by atoms with Gasteiger partial charge in [0.1, 0.15) is 0 Å². The molecule has 2 nitrogen and oxygen atoms in total. The van der Waals surface area contributed by atoms with Crippen LogP contribution in [0.4, 0.5) is 0 Å². The first-order valence-electron chi connectivity index (χ1n) is 8.39. The average molecular weight is 312 g/mol. The van der Waals surface area contributed by atoms with Crippen molar-refractivity contribution in [3.63, 3.8) is 0 Å². The number of thiazole rings is 1. The van der Waals surface area contributed by atoms with Crippen LogP contribution in [0.3, 0.4) is 0 Å². The highest BCUT2D eigenvalue weighted by molar-refractivity contribution is 7.17. The van der Waals surface area contributed by atoms with E-state index in [2.05, 4.69) is 48.0 Å². The highest BCUT2D eigenvalue weighted by Crippen LogP contribution is 2.24. The number of aromatic nitrogens is 2. The number of unbranched alkanes of at least 4 members (excludes halogenated alkanes) is 5. The Morgan fingerprint density at radius 3 is 2.50 bits per heavy atom. The van der Waals surface area contributed by atoms with Gasteiger partial charge in [0.2, 0.25) is 0 Å². The summed E-state index contributed by atoms with van der Waals surface area (Å²) in [6.45, 7) is 2.27. The number of fused-ring (bicyclic) bond motifs is 1. The largest absolute Gasteiger partial charge is 0.297 e. The van der Waals surface area contributed by atoms with E-state index in [4.69, 9.17) is 4.98 Å². The van der Waals surface area contributed by atoms with Crippen molar-refractivity contribution in [2.24, 2.45) is 0 Å². The Balaban J connectivity index is 1.57. The van der Waals surface area contributed by atoms with Crippen LogP contribution >= 0.6 is 11.3 Å². The lowest BCUT2D eigenvalue weighted by molar-refractivity contribution is 0.609. The number of rotatable bonds is 8. The van der Waals surface area contributed by atoms with Crippen molar-refractivity contribution >= 4 is 16.3 Å². The molecule has 3 rings (SSSR count). The first-order valence-corrected chi connectivity index (χ1v) is 9.21. The summed E-state index contributed by atoms with van der Waals surface area (Å²) >= 11 is 1.83. The smallest absolute Gasteiger partial charge is 0.194 e. The van der Waals surface area contributed by atoms with Crippen LogP contribution in [0.2, 0.25) is 0 Å². The summed E-state index contributed by atoms with van der Waals surface area (Å²) in [4.78, 5) is 7.32. The fourth-order valence-electron chi connectivity index (χ4n) is 2.79. The third kappa shape index (κ3) is 3.77. The number of aryl methyl sites for hydroxylation is 1. The molecule has 0 saturated heterocycles. The summed E-state index contributed by atoms with van der Waals surface area (Å²) in [5.74, 6) is 0. The molecule has 0 N–H and O–H groups in total. The molecular formula is C19H24N2S. The van der Waals surface area contributed by atoms with Crippen LogP contribution in [0.1, 0.15) is 50.3 Å². The van der Waals surface area contributed by atoms with Gasteiger partial charge in [-0.15, -0.1) is 11.3 Å². The van der Waals surface area contributed by atoms with Crippen molar-refractivity contribution in [1.82, 2.24) is 9.38 Å². The van der Waals surface area contributed by atoms with Gasteiger partial charge in [0.05, 0.1) is 5.69 Å². The maximum absolute atomic E-state index is 4.75. The van der Waals surface area contributed by atoms with Gasteiger partial charge in [0.15, 0.2) is 4.96 Å². The molecule has 0 aliphatic rings. The van der Waals surface area contributed by atoms with Crippen LogP contribution in [0.5, 0.6) is 0 Å². The van der Waals surface area contributed by atoms with Gasteiger partial charge in [0, 0.05) is 22.8 Å². The molecule has 3 aromatic rings. The molecular weight excluding hydrogens is 288 g/mol. The molecule has 1 aromatic carbocycles. The van der Waals surface area contributed by atoms with Crippen LogP contribution in [-0.4, -0.2) is 9.38 Å². The summed E-state index contributed by atoms with van der Waals surface area (Å²) in [6, 6.07) is 10.4. The molecule has 0 aliphatic heterocycles. The first-order chi connectivity index (χ1) is 10.9. The van der Waals surface area contributed by atoms with Crippen LogP contribution in [0, 0.1) is 0 Å². The molecule has 0 saturated carbocycles. The van der Waals surface area contributed by atoms with Gasteiger partial charge >= 0.3 is 0 Å². The van der Waals surface area contributed by atoms with E-state index in [1.807, 2.05) is 17.4 Å². The molecule has 116 valence electrons. The van der Waals surface area contributed by atoms with E-state index in [9.17, 15) is 0 Å². The topological polar surface area (TPSA) is 17.3 Å². The highest BCUT2D eigenvalue weighted by Gasteiger charge is 2.07. The molecule has 22 heavy (non-hydrogen) atoms. The molecule has 0 amide bonds. The summed E-state index contributed by atoms with van der Waals surface area (Å²) < 4.78 is 2.18. The number of hydrogen-bond donors (Lipinski definition) is 0. The molecule has 0 fully saturated rings. The van der Waals surface area contributed by atoms with Crippen molar-refractivity contribution in [2.75, 3.05) is 0 Å². The lowest BCUT2D eigenvalue weighted by atomic mass is 10.1. The monoisotopic (exact) mass is 312 g/mol. The molecule has 2 heterocycles. The molecule has 0 unspecified atom stereocenters. The predicted octanol–water partition coefficient (Wildman–Crippen LogP) is 5.97. The Labute approximate surface area is 136 Å². The molecule has 2 aromatic heterocycles. The third-order valence-electron chi connectivity index (χ3n) is 4.05. The second kappa shape index (κ2) is 7.59. The fraction of sp³-hybridized carbons (Fsp3) is 0.421. The summed E-state index contributed by atoms with van der Waals surface area (Å²) in [5, 5.41) is 0. The van der Waals surface area contributed by atoms with Gasteiger partial charge in [-0.1, -0.05) is 69.4 Å². The van der Waals surface area contributed by atoms with Gasteiger partial charge in [-0.05, 0) is 12.8 Å². The molecule has 0 aliphatic carbocycles. The zero-order valence-electron chi connectivity index (χ0n) is 13.3. The lowest BCUT2D eigenvalue weighted by Gasteiger charge is -1.99. The Morgan fingerprint density at radius 2 is 1.73 bits per heavy atom. The van der Waals surface area contributed by atoms with Crippen molar-refractivity contribution < 1.29 is 0 Å². The van der Waals surface area contributed by atoms with E-state index in [0.29, 0.717) is 0 Å². The molecule has 0 spiro atoms. The van der Waals surface area contributed by atoms with Crippen LogP contribution in [0.15, 0.2) is 42.7 Å². The number of hydrogen-bond acceptors (Lipinski definition) is 2. The van der Waals surface area contributed by atoms with Gasteiger partial charge in [-0.25, -0.2) is 4.98 Å². The van der Waals surface area contributed by atoms with Gasteiger partial charge < -0.3 is 0 Å². The summed E-state index contributed by atoms with van der Waals surface area (Å²) in [7, 11) is 0. The predicted molar refractivity (Wildman–Crippen MR) is 95.6 cm³/mol. The lowest BCUT2D eigenvalue weighted by Crippen LogP contribution is -1.83. The number of benzene rings is 1. The Kier molecular flexibility index (Phi) is 5.28. The van der Waals surface area contributed by atoms with E-state index in [-0.39, 0.29) is 0 Å². The first kappa shape index (κ1) is 15.3. The SMILES string of the molecule is CCCCCCCCc1cn2cc(-c3ccccc3)nc2s1. The fourth-order valence-corrected chi connectivity index (χ4v) is 3.79. The molecule has 0 bridgehead atoms. The molecule has 0 atom stereocenters. The van der Waals surface area contributed by atoms with E-state index >= 15 is 0 Å². The standard InChI is InChI=1S/C19H24N2S/c1-2-3-4-5-6-10-13-17-14-21-15-18(20-19(21)22-17)16-11-8-7-9-12-16/h7-9,11-12,14-15H,2-6,10,13H2,1H3.